The van der Waals surface area contributed by atoms with E-state index in [4.69, 9.17) is 10.2 Å². The molecule has 0 saturated heterocycles. The molecule has 0 aromatic heterocycles. The maximum atomic E-state index is 11.4. The summed E-state index contributed by atoms with van der Waals surface area (Å²) < 4.78 is 0. The zero-order valence-corrected chi connectivity index (χ0v) is 8.60. The summed E-state index contributed by atoms with van der Waals surface area (Å²) in [4.78, 5) is 21.7. The highest BCUT2D eigenvalue weighted by molar-refractivity contribution is 6.06. The predicted molar refractivity (Wildman–Crippen MR) is 58.1 cm³/mol. The Morgan fingerprint density at radius 3 is 2.31 bits per heavy atom. The van der Waals surface area contributed by atoms with Crippen molar-refractivity contribution in [3.05, 3.63) is 35.9 Å². The molecule has 0 aliphatic heterocycles. The Labute approximate surface area is 92.0 Å². The van der Waals surface area contributed by atoms with E-state index >= 15 is 0 Å². The van der Waals surface area contributed by atoms with Gasteiger partial charge >= 0.3 is 5.97 Å². The van der Waals surface area contributed by atoms with Crippen molar-refractivity contribution in [1.82, 2.24) is 0 Å². The molecule has 84 valence electrons. The molecule has 0 heterocycles. The number of carbonyl (C=O) groups excluding carboxylic acids is 1. The number of nitrogens with one attached hydrogen (secondary N) is 1. The van der Waals surface area contributed by atoms with E-state index in [9.17, 15) is 9.59 Å². The first kappa shape index (κ1) is 11.8. The van der Waals surface area contributed by atoms with Crippen LogP contribution in [0, 0.1) is 0 Å². The van der Waals surface area contributed by atoms with Crippen molar-refractivity contribution in [2.45, 2.75) is 6.92 Å². The van der Waals surface area contributed by atoms with Gasteiger partial charge in [-0.05, 0) is 31.2 Å². The summed E-state index contributed by atoms with van der Waals surface area (Å²) in [6.45, 7) is 1.41. The van der Waals surface area contributed by atoms with Crippen molar-refractivity contribution >= 4 is 17.6 Å². The van der Waals surface area contributed by atoms with Crippen LogP contribution in [0.15, 0.2) is 35.9 Å². The number of aromatic hydroxyl groups is 1. The fraction of sp³-hybridized carbons (Fsp3) is 0.0909. The molecule has 1 rings (SSSR count). The molecule has 0 saturated carbocycles. The second kappa shape index (κ2) is 4.97. The first-order chi connectivity index (χ1) is 7.49. The van der Waals surface area contributed by atoms with Crippen LogP contribution in [0.5, 0.6) is 5.75 Å². The lowest BCUT2D eigenvalue weighted by Crippen LogP contribution is -2.13. The van der Waals surface area contributed by atoms with Crippen molar-refractivity contribution in [1.29, 1.82) is 0 Å². The predicted octanol–water partition coefficient (Wildman–Crippen LogP) is 1.36. The van der Waals surface area contributed by atoms with Crippen LogP contribution >= 0.6 is 0 Å². The minimum absolute atomic E-state index is 0.0933. The minimum Gasteiger partial charge on any atom is -0.508 e. The highest BCUT2D eigenvalue weighted by Gasteiger charge is 2.06. The van der Waals surface area contributed by atoms with E-state index < -0.39 is 11.9 Å². The molecular weight excluding hydrogens is 210 g/mol. The van der Waals surface area contributed by atoms with Gasteiger partial charge in [0, 0.05) is 17.3 Å². The van der Waals surface area contributed by atoms with Gasteiger partial charge in [0.25, 0.3) is 5.91 Å². The zero-order valence-electron chi connectivity index (χ0n) is 8.60. The van der Waals surface area contributed by atoms with Crippen molar-refractivity contribution in [2.24, 2.45) is 0 Å². The summed E-state index contributed by atoms with van der Waals surface area (Å²) in [5, 5.41) is 20.0. The average molecular weight is 221 g/mol. The average Bonchev–Trinajstić information content (AvgIpc) is 2.20. The minimum atomic E-state index is -1.17. The van der Waals surface area contributed by atoms with Crippen LogP contribution in [0.3, 0.4) is 0 Å². The lowest BCUT2D eigenvalue weighted by molar-refractivity contribution is -0.131. The molecule has 0 aliphatic rings. The fourth-order valence-electron chi connectivity index (χ4n) is 1.03. The lowest BCUT2D eigenvalue weighted by atomic mass is 10.2. The smallest absolute Gasteiger partial charge is 0.328 e. The van der Waals surface area contributed by atoms with Gasteiger partial charge in [0.2, 0.25) is 0 Å². The quantitative estimate of drug-likeness (QED) is 0.531. The molecule has 0 unspecified atom stereocenters. The number of aliphatic carboxylic acids is 1. The number of phenolic OH excluding ortho intramolecular Hbond substituents is 1. The normalized spacial score (nSPS) is 10.9. The van der Waals surface area contributed by atoms with Crippen LogP contribution in [0.4, 0.5) is 5.69 Å². The van der Waals surface area contributed by atoms with Crippen molar-refractivity contribution < 1.29 is 19.8 Å². The summed E-state index contributed by atoms with van der Waals surface area (Å²) in [7, 11) is 0. The molecule has 16 heavy (non-hydrogen) atoms. The Morgan fingerprint density at radius 2 is 1.81 bits per heavy atom. The van der Waals surface area contributed by atoms with E-state index in [2.05, 4.69) is 5.32 Å². The van der Waals surface area contributed by atoms with Crippen molar-refractivity contribution in [3.63, 3.8) is 0 Å². The number of hydrogen-bond acceptors (Lipinski definition) is 3. The Hall–Kier alpha value is -2.30. The number of carboxylic acids is 1. The Morgan fingerprint density at radius 1 is 1.25 bits per heavy atom. The first-order valence-corrected chi connectivity index (χ1v) is 4.50. The van der Waals surface area contributed by atoms with Gasteiger partial charge in [-0.1, -0.05) is 0 Å². The lowest BCUT2D eigenvalue weighted by Gasteiger charge is -2.04. The third-order valence-corrected chi connectivity index (χ3v) is 1.82. The summed E-state index contributed by atoms with van der Waals surface area (Å²) >= 11 is 0. The Bertz CT molecular complexity index is 434. The van der Waals surface area contributed by atoms with Gasteiger partial charge in [-0.3, -0.25) is 4.79 Å². The summed E-state index contributed by atoms with van der Waals surface area (Å²) in [5.41, 5.74) is 0.585. The molecular formula is C11H11NO4. The van der Waals surface area contributed by atoms with E-state index in [0.717, 1.165) is 6.08 Å². The molecule has 0 spiro atoms. The summed E-state index contributed by atoms with van der Waals surface area (Å²) in [6.07, 6.45) is 0.829. The second-order valence-electron chi connectivity index (χ2n) is 3.17. The van der Waals surface area contributed by atoms with Crippen LogP contribution in [0.1, 0.15) is 6.92 Å². The molecule has 0 aliphatic carbocycles. The summed E-state index contributed by atoms with van der Waals surface area (Å²) in [6, 6.07) is 5.88. The van der Waals surface area contributed by atoms with E-state index in [1.165, 1.54) is 31.2 Å². The van der Waals surface area contributed by atoms with Crippen LogP contribution in [-0.4, -0.2) is 22.1 Å². The van der Waals surface area contributed by atoms with E-state index in [1.54, 1.807) is 0 Å². The molecule has 5 nitrogen and oxygen atoms in total. The van der Waals surface area contributed by atoms with Gasteiger partial charge < -0.3 is 15.5 Å². The van der Waals surface area contributed by atoms with E-state index in [-0.39, 0.29) is 11.3 Å². The molecule has 1 amide bonds. The third-order valence-electron chi connectivity index (χ3n) is 1.82. The van der Waals surface area contributed by atoms with Crippen LogP contribution < -0.4 is 5.32 Å². The zero-order chi connectivity index (χ0) is 12.1. The molecule has 3 N–H and O–H groups in total. The number of phenols is 1. The molecule has 0 radical (unpaired) electrons. The summed E-state index contributed by atoms with van der Waals surface area (Å²) in [5.74, 6) is -1.57. The third kappa shape index (κ3) is 3.45. The standard InChI is InChI=1S/C11H11NO4/c1-7(6-10(14)15)11(16)12-8-2-4-9(13)5-3-8/h2-6,13H,1H3,(H,12,16)(H,14,15)/b7-6-. The van der Waals surface area contributed by atoms with Crippen LogP contribution in [0.25, 0.3) is 0 Å². The van der Waals surface area contributed by atoms with Crippen molar-refractivity contribution in [2.75, 3.05) is 5.32 Å². The SMILES string of the molecule is C/C(=C/C(=O)O)C(=O)Nc1ccc(O)cc1. The molecule has 1 aromatic carbocycles. The largest absolute Gasteiger partial charge is 0.508 e. The molecule has 5 heteroatoms. The van der Waals surface area contributed by atoms with E-state index in [0.29, 0.717) is 5.69 Å². The number of carbonyl (C=O) groups is 2. The second-order valence-corrected chi connectivity index (χ2v) is 3.17. The Kier molecular flexibility index (Phi) is 3.66. The number of anilines is 1. The Balaban J connectivity index is 2.71. The highest BCUT2D eigenvalue weighted by atomic mass is 16.4. The van der Waals surface area contributed by atoms with E-state index in [1.807, 2.05) is 0 Å². The molecule has 0 atom stereocenters. The molecule has 1 aromatic rings. The van der Waals surface area contributed by atoms with Gasteiger partial charge in [-0.2, -0.15) is 0 Å². The van der Waals surface area contributed by atoms with Gasteiger partial charge in [0.05, 0.1) is 0 Å². The van der Waals surface area contributed by atoms with Crippen LogP contribution in [0.2, 0.25) is 0 Å². The highest BCUT2D eigenvalue weighted by Crippen LogP contribution is 2.14. The van der Waals surface area contributed by atoms with Gasteiger partial charge in [0.1, 0.15) is 5.75 Å². The number of benzene rings is 1. The number of hydrogen-bond donors (Lipinski definition) is 3. The van der Waals surface area contributed by atoms with Gasteiger partial charge in [-0.25, -0.2) is 4.79 Å². The van der Waals surface area contributed by atoms with Gasteiger partial charge in [0.15, 0.2) is 0 Å². The van der Waals surface area contributed by atoms with Crippen LogP contribution in [-0.2, 0) is 9.59 Å². The maximum absolute atomic E-state index is 11.4. The first-order valence-electron chi connectivity index (χ1n) is 4.50. The number of carboxylic acid groups (broad SMARTS) is 1. The molecule has 0 bridgehead atoms. The fourth-order valence-corrected chi connectivity index (χ4v) is 1.03. The molecule has 0 fully saturated rings. The van der Waals surface area contributed by atoms with Gasteiger partial charge in [-0.15, -0.1) is 0 Å². The topological polar surface area (TPSA) is 86.6 Å². The monoisotopic (exact) mass is 221 g/mol. The number of amides is 1. The van der Waals surface area contributed by atoms with Crippen molar-refractivity contribution in [3.8, 4) is 5.75 Å². The number of rotatable bonds is 3. The maximum Gasteiger partial charge on any atom is 0.328 e.